The van der Waals surface area contributed by atoms with E-state index in [-0.39, 0.29) is 11.4 Å². The Hall–Kier alpha value is -0.610. The Bertz CT molecular complexity index is 319. The van der Waals surface area contributed by atoms with E-state index < -0.39 is 0 Å². The minimum Gasteiger partial charge on any atom is -0.392 e. The largest absolute Gasteiger partial charge is 0.392 e. The molecule has 0 unspecified atom stereocenters. The van der Waals surface area contributed by atoms with Crippen LogP contribution >= 0.6 is 11.8 Å². The van der Waals surface area contributed by atoms with Gasteiger partial charge in [-0.15, -0.1) is 0 Å². The maximum atomic E-state index is 9.64. The van der Waals surface area contributed by atoms with Crippen molar-refractivity contribution in [3.63, 3.8) is 0 Å². The molecule has 0 spiro atoms. The number of hydrogen-bond acceptors (Lipinski definition) is 4. The lowest BCUT2D eigenvalue weighted by molar-refractivity contribution is 0.188. The summed E-state index contributed by atoms with van der Waals surface area (Å²) in [6.45, 7) is 1.96. The first kappa shape index (κ1) is 9.93. The van der Waals surface area contributed by atoms with Crippen molar-refractivity contribution in [2.24, 2.45) is 0 Å². The summed E-state index contributed by atoms with van der Waals surface area (Å²) in [4.78, 5) is 8.49. The third-order valence-electron chi connectivity index (χ3n) is 2.45. The van der Waals surface area contributed by atoms with Crippen molar-refractivity contribution in [1.29, 1.82) is 0 Å². The smallest absolute Gasteiger partial charge is 0.188 e. The summed E-state index contributed by atoms with van der Waals surface area (Å²) in [5.74, 6) is 0. The molecule has 3 nitrogen and oxygen atoms in total. The van der Waals surface area contributed by atoms with Crippen molar-refractivity contribution in [1.82, 2.24) is 9.97 Å². The van der Waals surface area contributed by atoms with E-state index in [4.69, 9.17) is 0 Å². The van der Waals surface area contributed by atoms with Crippen LogP contribution in [-0.2, 0) is 0 Å². The van der Waals surface area contributed by atoms with Gasteiger partial charge >= 0.3 is 0 Å². The Morgan fingerprint density at radius 1 is 1.50 bits per heavy atom. The van der Waals surface area contributed by atoms with Gasteiger partial charge in [0.15, 0.2) is 5.16 Å². The molecule has 1 N–H and O–H groups in total. The normalized spacial score (nSPS) is 26.7. The molecule has 14 heavy (non-hydrogen) atoms. The number of aliphatic hydroxyl groups excluding tert-OH is 1. The van der Waals surface area contributed by atoms with Crippen molar-refractivity contribution in [3.8, 4) is 0 Å². The molecule has 1 aliphatic rings. The molecule has 0 amide bonds. The van der Waals surface area contributed by atoms with E-state index in [9.17, 15) is 5.11 Å². The maximum Gasteiger partial charge on any atom is 0.188 e. The zero-order valence-corrected chi connectivity index (χ0v) is 9.00. The van der Waals surface area contributed by atoms with E-state index in [0.29, 0.717) is 0 Å². The van der Waals surface area contributed by atoms with E-state index in [0.717, 1.165) is 30.1 Å². The Morgan fingerprint density at radius 3 is 3.00 bits per heavy atom. The number of aliphatic hydroxyl groups is 1. The predicted octanol–water partition coefficient (Wildman–Crippen LogP) is 1.79. The van der Waals surface area contributed by atoms with Crippen molar-refractivity contribution < 1.29 is 5.11 Å². The molecular weight excluding hydrogens is 196 g/mol. The van der Waals surface area contributed by atoms with Crippen LogP contribution in [0.2, 0.25) is 0 Å². The minimum atomic E-state index is -0.177. The Kier molecular flexibility index (Phi) is 3.03. The average Bonchev–Trinajstić information content (AvgIpc) is 2.52. The number of aromatic nitrogens is 2. The van der Waals surface area contributed by atoms with Gasteiger partial charge in [-0.25, -0.2) is 9.97 Å². The predicted molar refractivity (Wildman–Crippen MR) is 56.3 cm³/mol. The van der Waals surface area contributed by atoms with E-state index >= 15 is 0 Å². The van der Waals surface area contributed by atoms with Gasteiger partial charge in [-0.1, -0.05) is 11.8 Å². The first-order valence-electron chi connectivity index (χ1n) is 4.90. The van der Waals surface area contributed by atoms with E-state index in [1.165, 1.54) is 0 Å². The maximum absolute atomic E-state index is 9.64. The summed E-state index contributed by atoms with van der Waals surface area (Å²) in [7, 11) is 0. The van der Waals surface area contributed by atoms with Crippen molar-refractivity contribution in [2.45, 2.75) is 42.7 Å². The lowest BCUT2D eigenvalue weighted by atomic mass is 10.3. The molecular formula is C10H14N2OS. The topological polar surface area (TPSA) is 46.0 Å². The highest BCUT2D eigenvalue weighted by Gasteiger charge is 2.26. The molecule has 0 aliphatic heterocycles. The van der Waals surface area contributed by atoms with Gasteiger partial charge in [0.05, 0.1) is 6.10 Å². The summed E-state index contributed by atoms with van der Waals surface area (Å²) in [5, 5.41) is 10.7. The second-order valence-electron chi connectivity index (χ2n) is 3.64. The summed E-state index contributed by atoms with van der Waals surface area (Å²) in [6, 6.07) is 1.88. The number of nitrogens with zero attached hydrogens (tertiary/aromatic N) is 2. The number of thioether (sulfide) groups is 1. The van der Waals surface area contributed by atoms with Gasteiger partial charge in [0.1, 0.15) is 0 Å². The fourth-order valence-corrected chi connectivity index (χ4v) is 2.83. The molecule has 0 saturated heterocycles. The minimum absolute atomic E-state index is 0.177. The Morgan fingerprint density at radius 2 is 2.36 bits per heavy atom. The SMILES string of the molecule is Cc1ccnc(S[C@@H]2CCC[C@H]2O)n1. The average molecular weight is 210 g/mol. The van der Waals surface area contributed by atoms with Crippen molar-refractivity contribution in [3.05, 3.63) is 18.0 Å². The molecule has 1 saturated carbocycles. The van der Waals surface area contributed by atoms with Gasteiger partial charge in [-0.05, 0) is 32.3 Å². The highest BCUT2D eigenvalue weighted by atomic mass is 32.2. The molecule has 2 atom stereocenters. The molecule has 1 aromatic rings. The second-order valence-corrected chi connectivity index (χ2v) is 4.84. The van der Waals surface area contributed by atoms with Crippen LogP contribution in [0.5, 0.6) is 0 Å². The van der Waals surface area contributed by atoms with Gasteiger partial charge < -0.3 is 5.11 Å². The zero-order valence-electron chi connectivity index (χ0n) is 8.18. The quantitative estimate of drug-likeness (QED) is 0.756. The third-order valence-corrected chi connectivity index (χ3v) is 3.71. The number of hydrogen-bond donors (Lipinski definition) is 1. The number of aryl methyl sites for hydroxylation is 1. The molecule has 1 aliphatic carbocycles. The fourth-order valence-electron chi connectivity index (χ4n) is 1.66. The van der Waals surface area contributed by atoms with E-state index in [1.54, 1.807) is 18.0 Å². The van der Waals surface area contributed by atoms with Crippen LogP contribution in [0.1, 0.15) is 25.0 Å². The third kappa shape index (κ3) is 2.25. The molecule has 1 heterocycles. The summed E-state index contributed by atoms with van der Waals surface area (Å²) < 4.78 is 0. The first-order valence-corrected chi connectivity index (χ1v) is 5.78. The van der Waals surface area contributed by atoms with Crippen LogP contribution < -0.4 is 0 Å². The highest BCUT2D eigenvalue weighted by molar-refractivity contribution is 7.99. The first-order chi connectivity index (χ1) is 6.75. The fraction of sp³-hybridized carbons (Fsp3) is 0.600. The molecule has 1 fully saturated rings. The standard InChI is InChI=1S/C10H14N2OS/c1-7-5-6-11-10(12-7)14-9-4-2-3-8(9)13/h5-6,8-9,13H,2-4H2,1H3/t8-,9-/m1/s1. The van der Waals surface area contributed by atoms with Crippen LogP contribution in [0.25, 0.3) is 0 Å². The van der Waals surface area contributed by atoms with Crippen LogP contribution in [0.15, 0.2) is 17.4 Å². The molecule has 0 radical (unpaired) electrons. The van der Waals surface area contributed by atoms with Gasteiger partial charge in [-0.2, -0.15) is 0 Å². The summed E-state index contributed by atoms with van der Waals surface area (Å²) in [5.41, 5.74) is 0.981. The van der Waals surface area contributed by atoms with Gasteiger partial charge in [0.25, 0.3) is 0 Å². The molecule has 0 bridgehead atoms. The zero-order chi connectivity index (χ0) is 9.97. The van der Waals surface area contributed by atoms with E-state index in [1.807, 2.05) is 13.0 Å². The molecule has 4 heteroatoms. The summed E-state index contributed by atoms with van der Waals surface area (Å²) in [6.07, 6.45) is 4.70. The Labute approximate surface area is 88.0 Å². The summed E-state index contributed by atoms with van der Waals surface area (Å²) >= 11 is 1.60. The molecule has 1 aromatic heterocycles. The molecule has 0 aromatic carbocycles. The van der Waals surface area contributed by atoms with Crippen molar-refractivity contribution >= 4 is 11.8 Å². The lowest BCUT2D eigenvalue weighted by Crippen LogP contribution is -2.15. The van der Waals surface area contributed by atoms with Crippen LogP contribution in [0.4, 0.5) is 0 Å². The molecule has 76 valence electrons. The van der Waals surface area contributed by atoms with Crippen molar-refractivity contribution in [2.75, 3.05) is 0 Å². The number of rotatable bonds is 2. The monoisotopic (exact) mass is 210 g/mol. The van der Waals surface area contributed by atoms with Gasteiger partial charge in [-0.3, -0.25) is 0 Å². The van der Waals surface area contributed by atoms with Gasteiger partial charge in [0, 0.05) is 17.1 Å². The second kappa shape index (κ2) is 4.28. The van der Waals surface area contributed by atoms with Crippen LogP contribution in [0.3, 0.4) is 0 Å². The van der Waals surface area contributed by atoms with Crippen LogP contribution in [-0.4, -0.2) is 26.4 Å². The Balaban J connectivity index is 2.03. The van der Waals surface area contributed by atoms with Gasteiger partial charge in [0.2, 0.25) is 0 Å². The van der Waals surface area contributed by atoms with E-state index in [2.05, 4.69) is 9.97 Å². The van der Waals surface area contributed by atoms with Crippen LogP contribution in [0, 0.1) is 6.92 Å². The lowest BCUT2D eigenvalue weighted by Gasteiger charge is -2.12. The molecule has 2 rings (SSSR count). The highest BCUT2D eigenvalue weighted by Crippen LogP contribution is 2.33.